The van der Waals surface area contributed by atoms with E-state index in [0.717, 1.165) is 16.3 Å². The minimum atomic E-state index is -1.13. The lowest BCUT2D eigenvalue weighted by atomic mass is 9.76. The van der Waals surface area contributed by atoms with Gasteiger partial charge in [0.2, 0.25) is 0 Å². The molecule has 0 amide bonds. The van der Waals surface area contributed by atoms with Crippen LogP contribution in [0, 0.1) is 0 Å². The summed E-state index contributed by atoms with van der Waals surface area (Å²) >= 11 is 0. The third-order valence-corrected chi connectivity index (χ3v) is 7.89. The summed E-state index contributed by atoms with van der Waals surface area (Å²) in [6.45, 7) is 6.92. The van der Waals surface area contributed by atoms with Gasteiger partial charge in [-0.15, -0.1) is 0 Å². The van der Waals surface area contributed by atoms with E-state index in [1.54, 1.807) is 27.7 Å². The van der Waals surface area contributed by atoms with E-state index < -0.39 is 18.3 Å². The third-order valence-electron chi connectivity index (χ3n) is 7.89. The fraction of sp³-hybridized carbons (Fsp3) is 0.188. The van der Waals surface area contributed by atoms with E-state index >= 15 is 0 Å². The van der Waals surface area contributed by atoms with Crippen LogP contribution in [0.15, 0.2) is 91.0 Å². The Morgan fingerprint density at radius 3 is 1.97 bits per heavy atom. The number of fused-ring (bicyclic) bond motifs is 4. The third kappa shape index (κ3) is 3.57. The number of hydrogen-bond donors (Lipinski definition) is 2. The standard InChI is InChI=1S/C32H29BO3/c1-31(2,34)32(3,4)36-33(35)23-15-14-20-18-22(13-12-21(20)19-23)24-16-17-29-26-9-6-5-8-25(26)28-11-7-10-27(24)30(28)29/h5-19,34-35H,1-4H3. The predicted molar refractivity (Wildman–Crippen MR) is 150 cm³/mol. The van der Waals surface area contributed by atoms with Gasteiger partial charge in [0.25, 0.3) is 0 Å². The SMILES string of the molecule is CC(C)(O)C(C)(C)OB(O)c1ccc2cc(-c3ccc4c5c(cccc35)-c3ccccc3-4)ccc2c1. The van der Waals surface area contributed by atoms with Crippen molar-refractivity contribution >= 4 is 34.1 Å². The topological polar surface area (TPSA) is 49.7 Å². The summed E-state index contributed by atoms with van der Waals surface area (Å²) in [6.07, 6.45) is 0. The van der Waals surface area contributed by atoms with Gasteiger partial charge in [0, 0.05) is 0 Å². The summed E-state index contributed by atoms with van der Waals surface area (Å²) in [6, 6.07) is 32.0. The van der Waals surface area contributed by atoms with Crippen molar-refractivity contribution in [2.75, 3.05) is 0 Å². The highest BCUT2D eigenvalue weighted by atomic mass is 16.5. The highest BCUT2D eigenvalue weighted by Gasteiger charge is 2.39. The maximum Gasteiger partial charge on any atom is 0.491 e. The second-order valence-electron chi connectivity index (χ2n) is 10.8. The van der Waals surface area contributed by atoms with Crippen LogP contribution in [0.25, 0.3) is 54.9 Å². The maximum absolute atomic E-state index is 10.7. The van der Waals surface area contributed by atoms with E-state index in [-0.39, 0.29) is 0 Å². The average molecular weight is 472 g/mol. The van der Waals surface area contributed by atoms with Gasteiger partial charge in [0.15, 0.2) is 0 Å². The molecule has 0 aliphatic heterocycles. The molecular formula is C32H29BO3. The minimum absolute atomic E-state index is 0.663. The number of benzene rings is 5. The summed E-state index contributed by atoms with van der Waals surface area (Å²) in [5, 5.41) is 25.8. The summed E-state index contributed by atoms with van der Waals surface area (Å²) < 4.78 is 5.84. The van der Waals surface area contributed by atoms with Gasteiger partial charge in [-0.1, -0.05) is 84.9 Å². The van der Waals surface area contributed by atoms with Gasteiger partial charge in [-0.25, -0.2) is 0 Å². The molecule has 0 fully saturated rings. The van der Waals surface area contributed by atoms with Crippen LogP contribution in [0.2, 0.25) is 0 Å². The molecule has 0 saturated carbocycles. The molecule has 0 saturated heterocycles. The van der Waals surface area contributed by atoms with Crippen molar-refractivity contribution in [2.24, 2.45) is 0 Å². The van der Waals surface area contributed by atoms with Gasteiger partial charge in [-0.05, 0) is 94.1 Å². The van der Waals surface area contributed by atoms with Crippen LogP contribution in [0.1, 0.15) is 27.7 Å². The van der Waals surface area contributed by atoms with Crippen LogP contribution in [0.5, 0.6) is 0 Å². The van der Waals surface area contributed by atoms with Crippen LogP contribution in [0.4, 0.5) is 0 Å². The summed E-state index contributed by atoms with van der Waals surface area (Å²) in [5.41, 5.74) is 6.23. The number of hydrogen-bond acceptors (Lipinski definition) is 3. The molecular weight excluding hydrogens is 443 g/mol. The molecule has 0 heterocycles. The van der Waals surface area contributed by atoms with Gasteiger partial charge in [0.05, 0.1) is 11.2 Å². The Morgan fingerprint density at radius 1 is 0.639 bits per heavy atom. The molecule has 3 nitrogen and oxygen atoms in total. The van der Waals surface area contributed by atoms with Gasteiger partial charge >= 0.3 is 7.12 Å². The van der Waals surface area contributed by atoms with Crippen LogP contribution in [-0.4, -0.2) is 28.5 Å². The molecule has 178 valence electrons. The van der Waals surface area contributed by atoms with E-state index in [1.165, 1.54) is 38.6 Å². The van der Waals surface area contributed by atoms with Gasteiger partial charge in [-0.2, -0.15) is 0 Å². The second kappa shape index (κ2) is 8.04. The van der Waals surface area contributed by atoms with E-state index in [9.17, 15) is 10.1 Å². The molecule has 0 bridgehead atoms. The molecule has 2 N–H and O–H groups in total. The number of aliphatic hydroxyl groups is 1. The maximum atomic E-state index is 10.7. The second-order valence-corrected chi connectivity index (χ2v) is 10.8. The van der Waals surface area contributed by atoms with Crippen molar-refractivity contribution < 1.29 is 14.8 Å². The first kappa shape index (κ1) is 23.0. The summed E-state index contributed by atoms with van der Waals surface area (Å²) in [7, 11) is -1.13. The zero-order valence-electron chi connectivity index (χ0n) is 21.0. The highest BCUT2D eigenvalue weighted by Crippen LogP contribution is 2.49. The zero-order chi connectivity index (χ0) is 25.2. The minimum Gasteiger partial charge on any atom is -0.423 e. The Labute approximate surface area is 212 Å². The molecule has 5 aromatic rings. The quantitative estimate of drug-likeness (QED) is 0.280. The van der Waals surface area contributed by atoms with E-state index in [2.05, 4.69) is 72.8 Å². The van der Waals surface area contributed by atoms with Crippen molar-refractivity contribution in [3.63, 3.8) is 0 Å². The molecule has 5 aromatic carbocycles. The smallest absolute Gasteiger partial charge is 0.423 e. The monoisotopic (exact) mass is 472 g/mol. The molecule has 0 radical (unpaired) electrons. The summed E-state index contributed by atoms with van der Waals surface area (Å²) in [5.74, 6) is 0. The summed E-state index contributed by atoms with van der Waals surface area (Å²) in [4.78, 5) is 0. The molecule has 0 atom stereocenters. The first-order chi connectivity index (χ1) is 17.1. The highest BCUT2D eigenvalue weighted by molar-refractivity contribution is 6.60. The normalized spacial score (nSPS) is 12.8. The van der Waals surface area contributed by atoms with Crippen molar-refractivity contribution in [3.05, 3.63) is 91.0 Å². The predicted octanol–water partition coefficient (Wildman–Crippen LogP) is 6.56. The van der Waals surface area contributed by atoms with Gasteiger partial charge < -0.3 is 14.8 Å². The van der Waals surface area contributed by atoms with Crippen molar-refractivity contribution in [3.8, 4) is 33.4 Å². The Bertz CT molecular complexity index is 1620. The Hall–Kier alpha value is -3.44. The number of rotatable bonds is 5. The average Bonchev–Trinajstić information content (AvgIpc) is 3.18. The van der Waals surface area contributed by atoms with E-state index in [4.69, 9.17) is 4.65 Å². The van der Waals surface area contributed by atoms with Crippen LogP contribution in [-0.2, 0) is 4.65 Å². The van der Waals surface area contributed by atoms with Gasteiger partial charge in [0.1, 0.15) is 0 Å². The van der Waals surface area contributed by atoms with E-state index in [1.807, 2.05) is 18.2 Å². The lowest BCUT2D eigenvalue weighted by molar-refractivity contribution is -0.0982. The molecule has 6 rings (SSSR count). The lowest BCUT2D eigenvalue weighted by Gasteiger charge is -2.38. The Morgan fingerprint density at radius 2 is 1.25 bits per heavy atom. The first-order valence-electron chi connectivity index (χ1n) is 12.4. The molecule has 0 aromatic heterocycles. The molecule has 1 aliphatic rings. The van der Waals surface area contributed by atoms with Gasteiger partial charge in [-0.3, -0.25) is 0 Å². The Balaban J connectivity index is 1.39. The van der Waals surface area contributed by atoms with Crippen LogP contribution >= 0.6 is 0 Å². The fourth-order valence-electron chi connectivity index (χ4n) is 5.14. The van der Waals surface area contributed by atoms with Crippen molar-refractivity contribution in [1.82, 2.24) is 0 Å². The van der Waals surface area contributed by atoms with Crippen LogP contribution in [0.3, 0.4) is 0 Å². The lowest BCUT2D eigenvalue weighted by Crippen LogP contribution is -2.53. The molecule has 0 spiro atoms. The largest absolute Gasteiger partial charge is 0.491 e. The first-order valence-corrected chi connectivity index (χ1v) is 12.4. The van der Waals surface area contributed by atoms with E-state index in [0.29, 0.717) is 5.46 Å². The Kier molecular flexibility index (Phi) is 5.13. The fourth-order valence-corrected chi connectivity index (χ4v) is 5.14. The molecule has 1 aliphatic carbocycles. The molecule has 4 heteroatoms. The van der Waals surface area contributed by atoms with Crippen molar-refractivity contribution in [2.45, 2.75) is 38.9 Å². The molecule has 0 unspecified atom stereocenters. The molecule has 36 heavy (non-hydrogen) atoms. The van der Waals surface area contributed by atoms with Crippen LogP contribution < -0.4 is 5.46 Å². The zero-order valence-corrected chi connectivity index (χ0v) is 21.0. The van der Waals surface area contributed by atoms with Crippen molar-refractivity contribution in [1.29, 1.82) is 0 Å².